The Hall–Kier alpha value is -1.92. The summed E-state index contributed by atoms with van der Waals surface area (Å²) in [5.41, 5.74) is 3.20. The number of amides is 1. The number of esters is 1. The maximum Gasteiger partial charge on any atom is 0.309 e. The first-order chi connectivity index (χ1) is 12.4. The zero-order valence-electron chi connectivity index (χ0n) is 15.0. The van der Waals surface area contributed by atoms with Crippen molar-refractivity contribution in [2.24, 2.45) is 5.92 Å². The Morgan fingerprint density at radius 3 is 2.65 bits per heavy atom. The standard InChI is InChI=1S/C19H21ClN2O3S/c1-11-7-12(2)17(16(20)8-11)22(13(3)23)19-21-15(10-26-19)9-25-18(24)14-5-4-6-14/h7-8,10,14H,4-6,9H2,1-3H3. The van der Waals surface area contributed by atoms with Crippen LogP contribution in [0.15, 0.2) is 17.5 Å². The summed E-state index contributed by atoms with van der Waals surface area (Å²) in [6.07, 6.45) is 2.90. The Bertz CT molecular complexity index is 822. The van der Waals surface area contributed by atoms with E-state index in [-0.39, 0.29) is 24.4 Å². The highest BCUT2D eigenvalue weighted by molar-refractivity contribution is 7.14. The van der Waals surface area contributed by atoms with Crippen LogP contribution in [0.5, 0.6) is 0 Å². The number of ether oxygens (including phenoxy) is 1. The number of aryl methyl sites for hydroxylation is 2. The largest absolute Gasteiger partial charge is 0.459 e. The minimum Gasteiger partial charge on any atom is -0.459 e. The van der Waals surface area contributed by atoms with Gasteiger partial charge in [0.05, 0.1) is 22.3 Å². The predicted molar refractivity (Wildman–Crippen MR) is 103 cm³/mol. The molecule has 26 heavy (non-hydrogen) atoms. The Morgan fingerprint density at radius 1 is 1.35 bits per heavy atom. The van der Waals surface area contributed by atoms with Gasteiger partial charge in [-0.3, -0.25) is 14.5 Å². The van der Waals surface area contributed by atoms with Gasteiger partial charge in [-0.1, -0.05) is 24.1 Å². The number of benzene rings is 1. The van der Waals surface area contributed by atoms with Crippen LogP contribution in [0.4, 0.5) is 10.8 Å². The smallest absolute Gasteiger partial charge is 0.309 e. The van der Waals surface area contributed by atoms with Gasteiger partial charge in [0.15, 0.2) is 5.13 Å². The van der Waals surface area contributed by atoms with Crippen molar-refractivity contribution in [2.45, 2.75) is 46.6 Å². The van der Waals surface area contributed by atoms with Crippen LogP contribution in [-0.4, -0.2) is 16.9 Å². The lowest BCUT2D eigenvalue weighted by Crippen LogP contribution is -2.24. The molecule has 1 aliphatic rings. The third-order valence-electron chi connectivity index (χ3n) is 4.47. The number of rotatable bonds is 5. The number of carbonyl (C=O) groups is 2. The maximum absolute atomic E-state index is 12.3. The van der Waals surface area contributed by atoms with Crippen molar-refractivity contribution in [3.63, 3.8) is 0 Å². The zero-order chi connectivity index (χ0) is 18.8. The predicted octanol–water partition coefficient (Wildman–Crippen LogP) is 4.94. The minimum atomic E-state index is -0.175. The highest BCUT2D eigenvalue weighted by Gasteiger charge is 2.27. The van der Waals surface area contributed by atoms with E-state index in [0.717, 1.165) is 30.4 Å². The van der Waals surface area contributed by atoms with E-state index in [1.165, 1.54) is 23.2 Å². The average Bonchev–Trinajstić information content (AvgIpc) is 2.94. The van der Waals surface area contributed by atoms with Gasteiger partial charge < -0.3 is 4.74 Å². The number of hydrogen-bond donors (Lipinski definition) is 0. The van der Waals surface area contributed by atoms with Gasteiger partial charge in [0.25, 0.3) is 0 Å². The van der Waals surface area contributed by atoms with E-state index in [9.17, 15) is 9.59 Å². The molecule has 1 amide bonds. The number of halogens is 1. The number of nitrogens with zero attached hydrogens (tertiary/aromatic N) is 2. The van der Waals surface area contributed by atoms with Crippen LogP contribution in [-0.2, 0) is 20.9 Å². The average molecular weight is 393 g/mol. The summed E-state index contributed by atoms with van der Waals surface area (Å²) < 4.78 is 5.33. The molecule has 0 spiro atoms. The van der Waals surface area contributed by atoms with Crippen LogP contribution in [0.25, 0.3) is 0 Å². The molecule has 0 radical (unpaired) electrons. The van der Waals surface area contributed by atoms with Crippen LogP contribution in [0.2, 0.25) is 5.02 Å². The van der Waals surface area contributed by atoms with E-state index in [0.29, 0.717) is 21.5 Å². The van der Waals surface area contributed by atoms with E-state index in [4.69, 9.17) is 16.3 Å². The Kier molecular flexibility index (Phi) is 5.63. The monoisotopic (exact) mass is 392 g/mol. The summed E-state index contributed by atoms with van der Waals surface area (Å²) in [4.78, 5) is 30.1. The van der Waals surface area contributed by atoms with Gasteiger partial charge >= 0.3 is 5.97 Å². The maximum atomic E-state index is 12.3. The third-order valence-corrected chi connectivity index (χ3v) is 5.63. The first kappa shape index (κ1) is 18.9. The molecule has 3 rings (SSSR count). The van der Waals surface area contributed by atoms with Gasteiger partial charge in [-0.2, -0.15) is 0 Å². The highest BCUT2D eigenvalue weighted by atomic mass is 35.5. The van der Waals surface area contributed by atoms with Crippen LogP contribution in [0, 0.1) is 19.8 Å². The van der Waals surface area contributed by atoms with Crippen molar-refractivity contribution in [3.8, 4) is 0 Å². The third kappa shape index (κ3) is 3.91. The normalized spacial score (nSPS) is 14.0. The van der Waals surface area contributed by atoms with Crippen LogP contribution in [0.3, 0.4) is 0 Å². The number of aromatic nitrogens is 1. The molecule has 0 unspecified atom stereocenters. The summed E-state index contributed by atoms with van der Waals surface area (Å²) in [5, 5.41) is 2.82. The van der Waals surface area contributed by atoms with Crippen LogP contribution < -0.4 is 4.90 Å². The van der Waals surface area contributed by atoms with Crippen molar-refractivity contribution in [1.29, 1.82) is 0 Å². The summed E-state index contributed by atoms with van der Waals surface area (Å²) in [6, 6.07) is 3.81. The first-order valence-electron chi connectivity index (χ1n) is 8.55. The molecular weight excluding hydrogens is 372 g/mol. The quantitative estimate of drug-likeness (QED) is 0.676. The molecule has 1 heterocycles. The lowest BCUT2D eigenvalue weighted by Gasteiger charge is -2.23. The Labute approximate surface area is 161 Å². The fourth-order valence-corrected chi connectivity index (χ4v) is 4.21. The molecule has 5 nitrogen and oxygen atoms in total. The molecule has 0 atom stereocenters. The molecule has 1 aromatic carbocycles. The molecule has 2 aromatic rings. The first-order valence-corrected chi connectivity index (χ1v) is 9.81. The SMILES string of the molecule is CC(=O)N(c1nc(COC(=O)C2CCC2)cs1)c1c(C)cc(C)cc1Cl. The highest BCUT2D eigenvalue weighted by Crippen LogP contribution is 2.37. The van der Waals surface area contributed by atoms with Gasteiger partial charge in [0.1, 0.15) is 6.61 Å². The molecule has 0 aliphatic heterocycles. The second kappa shape index (κ2) is 7.76. The topological polar surface area (TPSA) is 59.5 Å². The molecule has 0 bridgehead atoms. The molecule has 138 valence electrons. The second-order valence-corrected chi connectivity index (χ2v) is 7.87. The molecular formula is C19H21ClN2O3S. The second-order valence-electron chi connectivity index (χ2n) is 6.62. The number of carbonyl (C=O) groups excluding carboxylic acids is 2. The van der Waals surface area contributed by atoms with E-state index in [2.05, 4.69) is 4.98 Å². The van der Waals surface area contributed by atoms with Crippen LogP contribution in [0.1, 0.15) is 43.0 Å². The molecule has 1 aromatic heterocycles. The van der Waals surface area contributed by atoms with Gasteiger partial charge in [-0.15, -0.1) is 11.3 Å². The van der Waals surface area contributed by atoms with E-state index >= 15 is 0 Å². The summed E-state index contributed by atoms with van der Waals surface area (Å²) in [7, 11) is 0. The Morgan fingerprint density at radius 2 is 2.08 bits per heavy atom. The van der Waals surface area contributed by atoms with Crippen molar-refractivity contribution < 1.29 is 14.3 Å². The minimum absolute atomic E-state index is 0.0378. The molecule has 1 saturated carbocycles. The van der Waals surface area contributed by atoms with Crippen molar-refractivity contribution in [2.75, 3.05) is 4.90 Å². The Balaban J connectivity index is 1.80. The van der Waals surface area contributed by atoms with E-state index in [1.54, 1.807) is 5.38 Å². The van der Waals surface area contributed by atoms with Gasteiger partial charge in [-0.05, 0) is 43.9 Å². The summed E-state index contributed by atoms with van der Waals surface area (Å²) in [6.45, 7) is 5.48. The lowest BCUT2D eigenvalue weighted by atomic mass is 9.86. The zero-order valence-corrected chi connectivity index (χ0v) is 16.6. The number of anilines is 2. The molecule has 0 N–H and O–H groups in total. The number of thiazole rings is 1. The molecule has 7 heteroatoms. The summed E-state index contributed by atoms with van der Waals surface area (Å²) >= 11 is 7.73. The van der Waals surface area contributed by atoms with Crippen molar-refractivity contribution >= 4 is 45.6 Å². The lowest BCUT2D eigenvalue weighted by molar-refractivity contribution is -0.152. The van der Waals surface area contributed by atoms with Crippen molar-refractivity contribution in [3.05, 3.63) is 39.4 Å². The van der Waals surface area contributed by atoms with E-state index in [1.807, 2.05) is 26.0 Å². The fourth-order valence-electron chi connectivity index (χ4n) is 2.95. The van der Waals surface area contributed by atoms with E-state index < -0.39 is 0 Å². The fraction of sp³-hybridized carbons (Fsp3) is 0.421. The van der Waals surface area contributed by atoms with Crippen molar-refractivity contribution in [1.82, 2.24) is 4.98 Å². The van der Waals surface area contributed by atoms with Crippen LogP contribution >= 0.6 is 22.9 Å². The van der Waals surface area contributed by atoms with Gasteiger partial charge in [-0.25, -0.2) is 4.98 Å². The number of hydrogen-bond acceptors (Lipinski definition) is 5. The summed E-state index contributed by atoms with van der Waals surface area (Å²) in [5.74, 6) is -0.297. The van der Waals surface area contributed by atoms with Gasteiger partial charge in [0.2, 0.25) is 5.91 Å². The molecule has 0 saturated heterocycles. The molecule has 1 fully saturated rings. The molecule has 1 aliphatic carbocycles. The van der Waals surface area contributed by atoms with Gasteiger partial charge in [0, 0.05) is 12.3 Å².